The Kier molecular flexibility index (Phi) is 8.19. The fourth-order valence-electron chi connectivity index (χ4n) is 11.4. The second kappa shape index (κ2) is 14.2. The maximum atomic E-state index is 4.02. The van der Waals surface area contributed by atoms with E-state index in [1.807, 2.05) is 0 Å². The molecule has 6 aromatic carbocycles. The molecule has 0 radical (unpaired) electrons. The number of fused-ring (bicyclic) bond motifs is 12. The van der Waals surface area contributed by atoms with Crippen molar-refractivity contribution in [2.45, 2.75) is 51.0 Å². The molecule has 4 aliphatic carbocycles. The molecule has 13 rings (SSSR count). The van der Waals surface area contributed by atoms with Gasteiger partial charge in [-0.3, -0.25) is 4.57 Å². The van der Waals surface area contributed by atoms with Crippen LogP contribution < -0.4 is 5.32 Å². The third-order valence-corrected chi connectivity index (χ3v) is 14.3. The van der Waals surface area contributed by atoms with E-state index in [2.05, 4.69) is 197 Å². The van der Waals surface area contributed by atoms with Gasteiger partial charge in [0.25, 0.3) is 0 Å². The third kappa shape index (κ3) is 5.57. The lowest BCUT2D eigenvalue weighted by atomic mass is 9.80. The van der Waals surface area contributed by atoms with Crippen molar-refractivity contribution in [2.24, 2.45) is 5.92 Å². The van der Waals surface area contributed by atoms with Crippen molar-refractivity contribution in [3.63, 3.8) is 0 Å². The Morgan fingerprint density at radius 2 is 1.16 bits per heavy atom. The molecule has 62 heavy (non-hydrogen) atoms. The van der Waals surface area contributed by atoms with Crippen LogP contribution in [0, 0.1) is 5.92 Å². The number of para-hydroxylation sites is 2. The molecule has 298 valence electrons. The highest BCUT2D eigenvalue weighted by Crippen LogP contribution is 2.44. The topological polar surface area (TPSA) is 21.9 Å². The van der Waals surface area contributed by atoms with E-state index in [4.69, 9.17) is 0 Å². The van der Waals surface area contributed by atoms with Crippen LogP contribution in [0.2, 0.25) is 0 Å². The summed E-state index contributed by atoms with van der Waals surface area (Å²) in [6.45, 7) is 0. The molecule has 8 aromatic rings. The Labute approximate surface area is 362 Å². The van der Waals surface area contributed by atoms with Crippen LogP contribution in [0.3, 0.4) is 0 Å². The van der Waals surface area contributed by atoms with Crippen molar-refractivity contribution in [2.75, 3.05) is 0 Å². The minimum Gasteiger partial charge on any atom is -0.364 e. The second-order valence-corrected chi connectivity index (χ2v) is 17.7. The number of rotatable bonds is 5. The first-order chi connectivity index (χ1) is 30.7. The van der Waals surface area contributed by atoms with E-state index in [1.165, 1.54) is 93.5 Å². The van der Waals surface area contributed by atoms with Gasteiger partial charge in [-0.05, 0) is 149 Å². The van der Waals surface area contributed by atoms with Crippen molar-refractivity contribution >= 4 is 78.1 Å². The van der Waals surface area contributed by atoms with Crippen molar-refractivity contribution < 1.29 is 0 Å². The number of hydrogen-bond acceptors (Lipinski definition) is 1. The lowest BCUT2D eigenvalue weighted by molar-refractivity contribution is 0.519. The Bertz CT molecular complexity index is 3470. The summed E-state index contributed by atoms with van der Waals surface area (Å²) in [7, 11) is 0. The van der Waals surface area contributed by atoms with Crippen LogP contribution in [-0.2, 0) is 12.8 Å². The van der Waals surface area contributed by atoms with Gasteiger partial charge in [-0.15, -0.1) is 0 Å². The van der Waals surface area contributed by atoms with Gasteiger partial charge in [0.05, 0.1) is 28.1 Å². The molecule has 3 heterocycles. The number of nitrogens with zero attached hydrogens (tertiary/aromatic N) is 2. The zero-order chi connectivity index (χ0) is 40.7. The van der Waals surface area contributed by atoms with Gasteiger partial charge in [0.2, 0.25) is 0 Å². The summed E-state index contributed by atoms with van der Waals surface area (Å²) in [5, 5.41) is 11.9. The zero-order valence-corrected chi connectivity index (χ0v) is 34.8. The van der Waals surface area contributed by atoms with Crippen LogP contribution in [0.1, 0.15) is 54.4 Å². The lowest BCUT2D eigenvalue weighted by Crippen LogP contribution is -2.37. The van der Waals surface area contributed by atoms with Crippen LogP contribution in [0.15, 0.2) is 181 Å². The molecule has 0 saturated heterocycles. The Morgan fingerprint density at radius 1 is 0.500 bits per heavy atom. The van der Waals surface area contributed by atoms with E-state index in [-0.39, 0.29) is 6.04 Å². The average molecular weight is 798 g/mol. The number of dihydropyridines is 1. The molecule has 3 heteroatoms. The molecule has 2 aromatic heterocycles. The van der Waals surface area contributed by atoms with E-state index in [1.54, 1.807) is 11.1 Å². The first kappa shape index (κ1) is 35.6. The third-order valence-electron chi connectivity index (χ3n) is 14.3. The maximum Gasteiger partial charge on any atom is 0.112 e. The number of allylic oxidation sites excluding steroid dienone is 11. The van der Waals surface area contributed by atoms with Crippen molar-refractivity contribution in [3.05, 3.63) is 203 Å². The maximum absolute atomic E-state index is 4.02. The molecule has 0 spiro atoms. The molecule has 0 saturated carbocycles. The highest BCUT2D eigenvalue weighted by atomic mass is 15.2. The molecular formula is C59H47N3. The lowest BCUT2D eigenvalue weighted by Gasteiger charge is -2.31. The second-order valence-electron chi connectivity index (χ2n) is 17.7. The van der Waals surface area contributed by atoms with Gasteiger partial charge in [0.1, 0.15) is 5.82 Å². The number of aromatic nitrogens is 2. The smallest absolute Gasteiger partial charge is 0.112 e. The van der Waals surface area contributed by atoms with Gasteiger partial charge in [-0.1, -0.05) is 134 Å². The highest BCUT2D eigenvalue weighted by Gasteiger charge is 2.27. The predicted molar refractivity (Wildman–Crippen MR) is 264 cm³/mol. The number of benzene rings is 6. The molecular weight excluding hydrogens is 751 g/mol. The van der Waals surface area contributed by atoms with E-state index in [0.29, 0.717) is 5.92 Å². The van der Waals surface area contributed by atoms with Crippen LogP contribution in [0.25, 0.3) is 89.2 Å². The average Bonchev–Trinajstić information content (AvgIpc) is 3.86. The minimum atomic E-state index is 0.188. The SMILES string of the molecule is C1=CCC(C2C=C(C3=CCCC=C3)C=C(n3c4ccccc4c4cc(-c5ccc6c(c5)c5ccccc5n6C5=Cc6c(c7c(c8ccccc68)C=CCC7)CC5)ccc43)N2)C=C1. The molecule has 2 unspecified atom stereocenters. The van der Waals surface area contributed by atoms with E-state index >= 15 is 0 Å². The quantitative estimate of drug-likeness (QED) is 0.184. The molecule has 0 bridgehead atoms. The van der Waals surface area contributed by atoms with Gasteiger partial charge in [-0.25, -0.2) is 0 Å². The standard InChI is InChI=1S/C59H47N3/c1-3-15-38(16-4-1)42-35-54(39-17-5-2-6-18-39)60-59(36-42)62-56-26-14-12-24-50(56)53-34-41(28-32-58(53)62)40-27-31-57-52(33-40)49-23-11-13-25-55(49)61(57)43-29-30-48-46-21-8-7-19-44(46)45-20-9-10-22-47(45)51(48)37-43/h2-3,5-7,9-17,19-20,22-28,31-37,39,54,60H,1,4,8,18,21,29-30H2. The van der Waals surface area contributed by atoms with Crippen molar-refractivity contribution in [3.8, 4) is 11.1 Å². The highest BCUT2D eigenvalue weighted by molar-refractivity contribution is 6.14. The normalized spacial score (nSPS) is 19.4. The molecule has 5 aliphatic rings. The minimum absolute atomic E-state index is 0.188. The molecule has 1 aliphatic heterocycles. The summed E-state index contributed by atoms with van der Waals surface area (Å²) >= 11 is 0. The Balaban J connectivity index is 0.933. The molecule has 0 fully saturated rings. The number of hydrogen-bond donors (Lipinski definition) is 1. The Hall–Kier alpha value is -7.10. The molecule has 1 N–H and O–H groups in total. The summed E-state index contributed by atoms with van der Waals surface area (Å²) < 4.78 is 5.02. The van der Waals surface area contributed by atoms with Gasteiger partial charge in [0.15, 0.2) is 0 Å². The fourth-order valence-corrected chi connectivity index (χ4v) is 11.4. The van der Waals surface area contributed by atoms with Crippen molar-refractivity contribution in [1.82, 2.24) is 14.5 Å². The number of nitrogens with one attached hydrogen (secondary N) is 1. The largest absolute Gasteiger partial charge is 0.364 e. The predicted octanol–water partition coefficient (Wildman–Crippen LogP) is 14.7. The summed E-state index contributed by atoms with van der Waals surface area (Å²) in [4.78, 5) is 0. The Morgan fingerprint density at radius 3 is 1.89 bits per heavy atom. The summed E-state index contributed by atoms with van der Waals surface area (Å²) in [5.41, 5.74) is 17.4. The summed E-state index contributed by atoms with van der Waals surface area (Å²) in [6, 6.07) is 41.4. The van der Waals surface area contributed by atoms with Gasteiger partial charge in [0, 0.05) is 33.2 Å². The zero-order valence-electron chi connectivity index (χ0n) is 34.8. The van der Waals surface area contributed by atoms with Crippen LogP contribution >= 0.6 is 0 Å². The van der Waals surface area contributed by atoms with Gasteiger partial charge in [-0.2, -0.15) is 0 Å². The van der Waals surface area contributed by atoms with Crippen LogP contribution in [0.5, 0.6) is 0 Å². The summed E-state index contributed by atoms with van der Waals surface area (Å²) in [5.74, 6) is 1.52. The first-order valence-electron chi connectivity index (χ1n) is 22.7. The van der Waals surface area contributed by atoms with Crippen molar-refractivity contribution in [1.29, 1.82) is 0 Å². The molecule has 2 atom stereocenters. The van der Waals surface area contributed by atoms with E-state index in [0.717, 1.165) is 50.8 Å². The monoisotopic (exact) mass is 797 g/mol. The van der Waals surface area contributed by atoms with Crippen LogP contribution in [0.4, 0.5) is 0 Å². The first-order valence-corrected chi connectivity index (χ1v) is 22.7. The summed E-state index contributed by atoms with van der Waals surface area (Å²) in [6.07, 6.45) is 35.7. The molecule has 0 amide bonds. The molecule has 3 nitrogen and oxygen atoms in total. The van der Waals surface area contributed by atoms with Crippen LogP contribution in [-0.4, -0.2) is 15.2 Å². The van der Waals surface area contributed by atoms with Gasteiger partial charge < -0.3 is 9.88 Å². The van der Waals surface area contributed by atoms with E-state index in [9.17, 15) is 0 Å². The van der Waals surface area contributed by atoms with Gasteiger partial charge >= 0.3 is 0 Å². The van der Waals surface area contributed by atoms with E-state index < -0.39 is 0 Å². The fraction of sp³-hybridized carbons (Fsp3) is 0.153.